The molecule has 0 unspecified atom stereocenters. The van der Waals surface area contributed by atoms with Crippen LogP contribution in [0.25, 0.3) is 0 Å². The first-order chi connectivity index (χ1) is 7.09. The summed E-state index contributed by atoms with van der Waals surface area (Å²) >= 11 is 0. The van der Waals surface area contributed by atoms with Gasteiger partial charge < -0.3 is 0 Å². The number of hydrogen-bond donors (Lipinski definition) is 0. The molecule has 0 saturated heterocycles. The van der Waals surface area contributed by atoms with Crippen molar-refractivity contribution in [2.45, 2.75) is 19.6 Å². The van der Waals surface area contributed by atoms with E-state index in [1.54, 1.807) is 0 Å². The van der Waals surface area contributed by atoms with Gasteiger partial charge in [-0.3, -0.25) is 4.68 Å². The van der Waals surface area contributed by atoms with Gasteiger partial charge in [0.15, 0.2) is 5.69 Å². The summed E-state index contributed by atoms with van der Waals surface area (Å²) in [6, 6.07) is 0.891. The van der Waals surface area contributed by atoms with Gasteiger partial charge in [-0.25, -0.2) is 8.42 Å². The monoisotopic (exact) mass is 256 g/mol. The van der Waals surface area contributed by atoms with Crippen molar-refractivity contribution in [3.63, 3.8) is 0 Å². The Morgan fingerprint density at radius 1 is 1.44 bits per heavy atom. The minimum Gasteiger partial charge on any atom is -0.268 e. The third-order valence-corrected chi connectivity index (χ3v) is 2.87. The maximum absolute atomic E-state index is 12.3. The third-order valence-electron chi connectivity index (χ3n) is 1.95. The van der Waals surface area contributed by atoms with E-state index >= 15 is 0 Å². The predicted molar refractivity (Wildman–Crippen MR) is 51.7 cm³/mol. The molecule has 0 atom stereocenters. The zero-order chi connectivity index (χ0) is 12.6. The highest BCUT2D eigenvalue weighted by Gasteiger charge is 2.34. The summed E-state index contributed by atoms with van der Waals surface area (Å²) in [6.45, 7) is 1.38. The van der Waals surface area contributed by atoms with Crippen molar-refractivity contribution in [2.24, 2.45) is 0 Å². The van der Waals surface area contributed by atoms with Crippen LogP contribution in [-0.4, -0.2) is 30.2 Å². The second-order valence-electron chi connectivity index (χ2n) is 3.52. The van der Waals surface area contributed by atoms with E-state index in [1.807, 2.05) is 0 Å². The number of aromatic nitrogens is 2. The van der Waals surface area contributed by atoms with Gasteiger partial charge in [-0.15, -0.1) is 0 Å². The molecule has 0 amide bonds. The van der Waals surface area contributed by atoms with E-state index in [-0.39, 0.29) is 18.0 Å². The van der Waals surface area contributed by atoms with Crippen LogP contribution < -0.4 is 0 Å². The van der Waals surface area contributed by atoms with Gasteiger partial charge in [0.05, 0.1) is 12.3 Å². The van der Waals surface area contributed by atoms with Crippen LogP contribution in [0.15, 0.2) is 6.07 Å². The Bertz CT molecular complexity index is 476. The Morgan fingerprint density at radius 3 is 2.38 bits per heavy atom. The summed E-state index contributed by atoms with van der Waals surface area (Å²) in [5, 5.41) is 3.31. The number of sulfone groups is 1. The summed E-state index contributed by atoms with van der Waals surface area (Å²) in [5.74, 6) is -0.229. The first kappa shape index (κ1) is 13.0. The largest absolute Gasteiger partial charge is 0.435 e. The van der Waals surface area contributed by atoms with Crippen LogP contribution in [0.5, 0.6) is 0 Å². The fraction of sp³-hybridized carbons (Fsp3) is 0.625. The Hall–Kier alpha value is -1.05. The lowest BCUT2D eigenvalue weighted by Gasteiger charge is -2.03. The molecule has 0 fully saturated rings. The fourth-order valence-electron chi connectivity index (χ4n) is 1.13. The smallest absolute Gasteiger partial charge is 0.268 e. The topological polar surface area (TPSA) is 52.0 Å². The van der Waals surface area contributed by atoms with Crippen LogP contribution in [0, 0.1) is 6.92 Å². The van der Waals surface area contributed by atoms with E-state index in [0.717, 1.165) is 17.0 Å². The normalized spacial score (nSPS) is 13.1. The van der Waals surface area contributed by atoms with Crippen LogP contribution in [0.2, 0.25) is 0 Å². The molecule has 8 heteroatoms. The van der Waals surface area contributed by atoms with Gasteiger partial charge in [-0.2, -0.15) is 18.3 Å². The average molecular weight is 256 g/mol. The predicted octanol–water partition coefficient (Wildman–Crippen LogP) is 1.25. The standard InChI is InChI=1S/C8H11F3N2O2S/c1-6-5-7(8(9,10)11)12-13(6)3-4-16(2,14)15/h5H,3-4H2,1-2H3. The molecule has 0 aliphatic heterocycles. The Labute approximate surface area is 91.0 Å². The minimum absolute atomic E-state index is 0.0687. The van der Waals surface area contributed by atoms with E-state index < -0.39 is 21.7 Å². The fourth-order valence-corrected chi connectivity index (χ4v) is 1.63. The molecule has 4 nitrogen and oxygen atoms in total. The zero-order valence-electron chi connectivity index (χ0n) is 8.74. The van der Waals surface area contributed by atoms with E-state index in [4.69, 9.17) is 0 Å². The first-order valence-electron chi connectivity index (χ1n) is 4.39. The van der Waals surface area contributed by atoms with Crippen molar-refractivity contribution in [2.75, 3.05) is 12.0 Å². The Balaban J connectivity index is 2.87. The molecule has 1 heterocycles. The van der Waals surface area contributed by atoms with E-state index in [1.165, 1.54) is 6.92 Å². The molecular formula is C8H11F3N2O2S. The van der Waals surface area contributed by atoms with Gasteiger partial charge in [-0.05, 0) is 13.0 Å². The van der Waals surface area contributed by atoms with Gasteiger partial charge in [0, 0.05) is 11.9 Å². The van der Waals surface area contributed by atoms with Gasteiger partial charge in [-0.1, -0.05) is 0 Å². The summed E-state index contributed by atoms with van der Waals surface area (Å²) in [5.41, 5.74) is -0.713. The van der Waals surface area contributed by atoms with Crippen molar-refractivity contribution in [1.29, 1.82) is 0 Å². The van der Waals surface area contributed by atoms with Crippen LogP contribution in [0.3, 0.4) is 0 Å². The zero-order valence-corrected chi connectivity index (χ0v) is 9.56. The third kappa shape index (κ3) is 3.51. The quantitative estimate of drug-likeness (QED) is 0.818. The van der Waals surface area contributed by atoms with Gasteiger partial charge in [0.1, 0.15) is 9.84 Å². The average Bonchev–Trinajstić information content (AvgIpc) is 2.41. The summed E-state index contributed by atoms with van der Waals surface area (Å²) in [7, 11) is -3.21. The van der Waals surface area contributed by atoms with E-state index in [2.05, 4.69) is 5.10 Å². The molecule has 16 heavy (non-hydrogen) atoms. The van der Waals surface area contributed by atoms with Gasteiger partial charge in [0.2, 0.25) is 0 Å². The Kier molecular flexibility index (Phi) is 3.32. The molecule has 0 aromatic carbocycles. The summed E-state index contributed by atoms with van der Waals surface area (Å²) in [6.07, 6.45) is -3.47. The molecule has 0 aliphatic carbocycles. The summed E-state index contributed by atoms with van der Waals surface area (Å²) in [4.78, 5) is 0. The van der Waals surface area contributed by atoms with Crippen molar-refractivity contribution >= 4 is 9.84 Å². The first-order valence-corrected chi connectivity index (χ1v) is 6.45. The molecule has 92 valence electrons. The molecular weight excluding hydrogens is 245 g/mol. The molecule has 1 aromatic heterocycles. The molecule has 0 radical (unpaired) electrons. The SMILES string of the molecule is Cc1cc(C(F)(F)F)nn1CCS(C)(=O)=O. The van der Waals surface area contributed by atoms with Gasteiger partial charge >= 0.3 is 6.18 Å². The molecule has 0 saturated carbocycles. The highest BCUT2D eigenvalue weighted by Crippen LogP contribution is 2.28. The van der Waals surface area contributed by atoms with E-state index in [9.17, 15) is 21.6 Å². The number of halogens is 3. The van der Waals surface area contributed by atoms with Crippen LogP contribution in [-0.2, 0) is 22.6 Å². The number of hydrogen-bond acceptors (Lipinski definition) is 3. The lowest BCUT2D eigenvalue weighted by atomic mass is 10.4. The van der Waals surface area contributed by atoms with Gasteiger partial charge in [0.25, 0.3) is 0 Å². The van der Waals surface area contributed by atoms with Crippen molar-refractivity contribution < 1.29 is 21.6 Å². The van der Waals surface area contributed by atoms with Crippen molar-refractivity contribution in [3.8, 4) is 0 Å². The number of alkyl halides is 3. The lowest BCUT2D eigenvalue weighted by molar-refractivity contribution is -0.141. The second-order valence-corrected chi connectivity index (χ2v) is 5.78. The van der Waals surface area contributed by atoms with Crippen LogP contribution in [0.4, 0.5) is 13.2 Å². The van der Waals surface area contributed by atoms with Crippen LogP contribution in [0.1, 0.15) is 11.4 Å². The molecule has 0 spiro atoms. The maximum atomic E-state index is 12.3. The number of aryl methyl sites for hydroxylation is 2. The summed E-state index contributed by atoms with van der Waals surface area (Å²) < 4.78 is 59.5. The molecule has 1 aromatic rings. The number of rotatable bonds is 3. The van der Waals surface area contributed by atoms with Crippen molar-refractivity contribution in [1.82, 2.24) is 9.78 Å². The highest BCUT2D eigenvalue weighted by atomic mass is 32.2. The molecule has 0 N–H and O–H groups in total. The minimum atomic E-state index is -4.50. The molecule has 0 bridgehead atoms. The van der Waals surface area contributed by atoms with E-state index in [0.29, 0.717) is 0 Å². The highest BCUT2D eigenvalue weighted by molar-refractivity contribution is 7.90. The maximum Gasteiger partial charge on any atom is 0.435 e. The molecule has 1 rings (SSSR count). The molecule has 0 aliphatic rings. The Morgan fingerprint density at radius 2 is 2.00 bits per heavy atom. The second kappa shape index (κ2) is 4.08. The van der Waals surface area contributed by atoms with Crippen molar-refractivity contribution in [3.05, 3.63) is 17.5 Å². The van der Waals surface area contributed by atoms with Crippen LogP contribution >= 0.6 is 0 Å². The lowest BCUT2D eigenvalue weighted by Crippen LogP contribution is -2.14. The number of nitrogens with zero attached hydrogens (tertiary/aromatic N) is 2.